The van der Waals surface area contributed by atoms with E-state index in [4.69, 9.17) is 19.4 Å². The molecule has 30 heavy (non-hydrogen) atoms. The summed E-state index contributed by atoms with van der Waals surface area (Å²) in [6.45, 7) is -0.410. The molecule has 1 aromatic rings. The number of hydrogen-bond donors (Lipinski definition) is 6. The van der Waals surface area contributed by atoms with Gasteiger partial charge < -0.3 is 34.4 Å². The monoisotopic (exact) mass is 500 g/mol. The summed E-state index contributed by atoms with van der Waals surface area (Å²) in [5.74, 6) is 0. The van der Waals surface area contributed by atoms with Gasteiger partial charge in [-0.15, -0.1) is 0 Å². The van der Waals surface area contributed by atoms with E-state index in [0.29, 0.717) is 4.57 Å². The fourth-order valence-electron chi connectivity index (χ4n) is 2.45. The van der Waals surface area contributed by atoms with Crippen molar-refractivity contribution in [3.8, 4) is 0 Å². The number of alkyl halides is 1. The summed E-state index contributed by atoms with van der Waals surface area (Å²) in [6, 6.07) is 0.868. The molecule has 172 valence electrons. The second-order valence-corrected chi connectivity index (χ2v) is 10.4. The molecule has 1 aromatic heterocycles. The fraction of sp³-hybridized carbons (Fsp3) is 0.600. The van der Waals surface area contributed by atoms with E-state index in [1.54, 1.807) is 0 Å². The smallest absolute Gasteiger partial charge is 0.387 e. The number of hydrogen-bond acceptors (Lipinski definition) is 10. The van der Waals surface area contributed by atoms with E-state index >= 15 is 0 Å². The van der Waals surface area contributed by atoms with Crippen molar-refractivity contribution in [2.24, 2.45) is 0 Å². The number of aliphatic hydroxyl groups is 1. The first-order chi connectivity index (χ1) is 13.5. The fourth-order valence-corrected chi connectivity index (χ4v) is 5.48. The van der Waals surface area contributed by atoms with Crippen LogP contribution in [0.3, 0.4) is 0 Å². The lowest BCUT2D eigenvalue weighted by Crippen LogP contribution is -2.46. The number of phosphoric acid groups is 3. The van der Waals surface area contributed by atoms with Crippen LogP contribution in [0.5, 0.6) is 0 Å². The molecule has 0 spiro atoms. The third kappa shape index (κ3) is 6.01. The van der Waals surface area contributed by atoms with Gasteiger partial charge in [0.2, 0.25) is 0 Å². The average molecular weight is 500 g/mol. The Kier molecular flexibility index (Phi) is 7.11. The van der Waals surface area contributed by atoms with Crippen LogP contribution in [0.1, 0.15) is 13.2 Å². The molecular weight excluding hydrogens is 484 g/mol. The zero-order chi connectivity index (χ0) is 23.1. The number of phosphoric ester groups is 1. The molecule has 0 bridgehead atoms. The molecule has 0 amide bonds. The predicted molar refractivity (Wildman–Crippen MR) is 90.6 cm³/mol. The number of nitrogens with zero attached hydrogens (tertiary/aromatic N) is 1. The second-order valence-electron chi connectivity index (χ2n) is 6.00. The molecule has 0 aliphatic carbocycles. The number of ether oxygens (including phenoxy) is 1. The maximum absolute atomic E-state index is 14.9. The molecule has 16 nitrogen and oxygen atoms in total. The summed E-state index contributed by atoms with van der Waals surface area (Å²) in [6.07, 6.45) is -4.92. The van der Waals surface area contributed by atoms with Crippen molar-refractivity contribution >= 4 is 23.5 Å². The average Bonchev–Trinajstić information content (AvgIpc) is 2.73. The highest BCUT2D eigenvalue weighted by molar-refractivity contribution is 7.66. The third-order valence-corrected chi connectivity index (χ3v) is 7.46. The highest BCUT2D eigenvalue weighted by Gasteiger charge is 2.56. The molecule has 1 fully saturated rings. The standard InChI is InChI=1S/C10H16FN2O14P3/c1-10(11)7(15)5(25-8(10)13-6(14)2-3-12-9(13)16)4-24-29(20,21)27-30(22,23)26-28(17,18)19/h2-3,5,7-8,15H,4H2,1H3,(H,12,16)(H,20,21)(H,22,23)(H2,17,18,19)/t5-,7-,8-,10-/m1/s1. The normalized spacial score (nSPS) is 31.2. The van der Waals surface area contributed by atoms with Crippen LogP contribution >= 0.6 is 23.5 Å². The van der Waals surface area contributed by atoms with E-state index in [2.05, 4.69) is 18.1 Å². The Hall–Kier alpha value is -1.06. The summed E-state index contributed by atoms with van der Waals surface area (Å²) in [5.41, 5.74) is -4.85. The van der Waals surface area contributed by atoms with E-state index in [9.17, 15) is 37.7 Å². The van der Waals surface area contributed by atoms with Gasteiger partial charge >= 0.3 is 29.2 Å². The van der Waals surface area contributed by atoms with Crippen molar-refractivity contribution in [2.45, 2.75) is 31.0 Å². The third-order valence-electron chi connectivity index (χ3n) is 3.66. The summed E-state index contributed by atoms with van der Waals surface area (Å²) >= 11 is 0. The molecule has 1 aliphatic rings. The van der Waals surface area contributed by atoms with Gasteiger partial charge in [0.1, 0.15) is 12.2 Å². The van der Waals surface area contributed by atoms with Crippen LogP contribution < -0.4 is 11.2 Å². The molecule has 0 radical (unpaired) electrons. The first-order valence-electron chi connectivity index (χ1n) is 7.56. The lowest BCUT2D eigenvalue weighted by Gasteiger charge is -2.24. The van der Waals surface area contributed by atoms with Gasteiger partial charge in [-0.3, -0.25) is 9.32 Å². The second kappa shape index (κ2) is 8.47. The first-order valence-corrected chi connectivity index (χ1v) is 12.1. The molecule has 0 aromatic carbocycles. The van der Waals surface area contributed by atoms with Gasteiger partial charge in [-0.1, -0.05) is 0 Å². The van der Waals surface area contributed by atoms with Gasteiger partial charge in [-0.2, -0.15) is 8.62 Å². The van der Waals surface area contributed by atoms with Crippen LogP contribution in [0.15, 0.2) is 21.9 Å². The molecule has 1 aliphatic heterocycles. The summed E-state index contributed by atoms with van der Waals surface area (Å²) in [5, 5.41) is 10.1. The minimum atomic E-state index is -5.78. The lowest BCUT2D eigenvalue weighted by atomic mass is 9.98. The highest BCUT2D eigenvalue weighted by Crippen LogP contribution is 2.66. The van der Waals surface area contributed by atoms with E-state index in [1.807, 2.05) is 0 Å². The number of aliphatic hydroxyl groups excluding tert-OH is 1. The summed E-state index contributed by atoms with van der Waals surface area (Å²) < 4.78 is 65.1. The van der Waals surface area contributed by atoms with Crippen LogP contribution in [0.25, 0.3) is 0 Å². The maximum atomic E-state index is 14.9. The number of halogens is 1. The van der Waals surface area contributed by atoms with Crippen LogP contribution in [-0.2, 0) is 31.6 Å². The number of nitrogens with one attached hydrogen (secondary N) is 1. The summed E-state index contributed by atoms with van der Waals surface area (Å²) in [7, 11) is -16.9. The minimum absolute atomic E-state index is 0.300. The molecule has 6 atom stereocenters. The Labute approximate surface area is 165 Å². The van der Waals surface area contributed by atoms with Crippen LogP contribution in [0.4, 0.5) is 4.39 Å². The van der Waals surface area contributed by atoms with E-state index in [0.717, 1.165) is 19.2 Å². The van der Waals surface area contributed by atoms with Crippen LogP contribution in [0, 0.1) is 0 Å². The Morgan fingerprint density at radius 1 is 1.20 bits per heavy atom. The zero-order valence-electron chi connectivity index (χ0n) is 14.7. The van der Waals surface area contributed by atoms with Gasteiger partial charge in [-0.25, -0.2) is 27.4 Å². The predicted octanol–water partition coefficient (Wildman–Crippen LogP) is -1.13. The first kappa shape index (κ1) is 25.2. The lowest BCUT2D eigenvalue weighted by molar-refractivity contribution is -0.0621. The molecule has 0 saturated carbocycles. The number of H-pyrrole nitrogens is 1. The molecule has 6 N–H and O–H groups in total. The molecular formula is C10H16FN2O14P3. The van der Waals surface area contributed by atoms with Gasteiger partial charge in [0.15, 0.2) is 11.9 Å². The highest BCUT2D eigenvalue weighted by atomic mass is 31.3. The molecule has 1 saturated heterocycles. The Bertz CT molecular complexity index is 1020. The van der Waals surface area contributed by atoms with E-state index < -0.39 is 65.4 Å². The van der Waals surface area contributed by atoms with E-state index in [1.165, 1.54) is 0 Å². The van der Waals surface area contributed by atoms with Gasteiger partial charge in [0.05, 0.1) is 6.61 Å². The van der Waals surface area contributed by atoms with Gasteiger partial charge in [-0.05, 0) is 6.92 Å². The molecule has 2 heterocycles. The maximum Gasteiger partial charge on any atom is 0.490 e. The van der Waals surface area contributed by atoms with Crippen molar-refractivity contribution < 1.29 is 60.6 Å². The number of rotatable bonds is 8. The van der Waals surface area contributed by atoms with Crippen molar-refractivity contribution in [3.63, 3.8) is 0 Å². The molecule has 2 rings (SSSR count). The topological polar surface area (TPSA) is 244 Å². The Morgan fingerprint density at radius 2 is 1.80 bits per heavy atom. The van der Waals surface area contributed by atoms with Crippen LogP contribution in [0.2, 0.25) is 0 Å². The molecule has 2 unspecified atom stereocenters. The number of aromatic nitrogens is 2. The Morgan fingerprint density at radius 3 is 2.33 bits per heavy atom. The van der Waals surface area contributed by atoms with Crippen molar-refractivity contribution in [2.75, 3.05) is 6.61 Å². The zero-order valence-corrected chi connectivity index (χ0v) is 17.4. The van der Waals surface area contributed by atoms with Crippen LogP contribution in [-0.4, -0.2) is 58.7 Å². The summed E-state index contributed by atoms with van der Waals surface area (Å²) in [4.78, 5) is 61.1. The van der Waals surface area contributed by atoms with Crippen molar-refractivity contribution in [1.29, 1.82) is 0 Å². The van der Waals surface area contributed by atoms with Crippen molar-refractivity contribution in [3.05, 3.63) is 33.1 Å². The Balaban J connectivity index is 2.15. The largest absolute Gasteiger partial charge is 0.490 e. The SMILES string of the molecule is C[C@@]1(F)[C@H](O)[C@@H](COP(=O)(O)OP(=O)(O)OP(=O)(O)O)O[C@H]1n1c(=O)cc[nH]c1=O. The van der Waals surface area contributed by atoms with Crippen molar-refractivity contribution in [1.82, 2.24) is 9.55 Å². The minimum Gasteiger partial charge on any atom is -0.387 e. The van der Waals surface area contributed by atoms with Gasteiger partial charge in [0.25, 0.3) is 5.56 Å². The quantitative estimate of drug-likeness (QED) is 0.231. The van der Waals surface area contributed by atoms with Gasteiger partial charge in [0, 0.05) is 12.3 Å². The number of aromatic amines is 1. The van der Waals surface area contributed by atoms with E-state index in [-0.39, 0.29) is 0 Å². The molecule has 20 heteroatoms.